The molecule has 0 bridgehead atoms. The number of aliphatic hydroxyl groups excluding tert-OH is 1. The number of alkyl halides is 1. The van der Waals surface area contributed by atoms with Crippen LogP contribution in [-0.2, 0) is 11.2 Å². The van der Waals surface area contributed by atoms with Crippen molar-refractivity contribution < 1.29 is 19.0 Å². The van der Waals surface area contributed by atoms with Gasteiger partial charge in [-0.2, -0.15) is 0 Å². The number of aryl methyl sites for hydroxylation is 1. The van der Waals surface area contributed by atoms with Crippen molar-refractivity contribution in [1.29, 1.82) is 0 Å². The first kappa shape index (κ1) is 28.1. The van der Waals surface area contributed by atoms with E-state index >= 15 is 0 Å². The molecular formula is C26H45FO3S. The fourth-order valence-corrected chi connectivity index (χ4v) is 5.75. The van der Waals surface area contributed by atoms with Gasteiger partial charge in [0.25, 0.3) is 0 Å². The molecule has 0 aliphatic heterocycles. The van der Waals surface area contributed by atoms with E-state index in [9.17, 15) is 14.3 Å². The molecule has 3 nitrogen and oxygen atoms in total. The number of rotatable bonds is 9. The van der Waals surface area contributed by atoms with Crippen LogP contribution in [0.5, 0.6) is 0 Å². The minimum atomic E-state index is -0.559. The molecule has 0 saturated heterocycles. The predicted octanol–water partition coefficient (Wildman–Crippen LogP) is 7.75. The van der Waals surface area contributed by atoms with Gasteiger partial charge in [-0.15, -0.1) is 11.3 Å². The summed E-state index contributed by atoms with van der Waals surface area (Å²) in [4.78, 5) is 13.0. The maximum absolute atomic E-state index is 13.4. The van der Waals surface area contributed by atoms with Gasteiger partial charge in [-0.25, -0.2) is 9.18 Å². The van der Waals surface area contributed by atoms with E-state index in [1.165, 1.54) is 42.6 Å². The predicted molar refractivity (Wildman–Crippen MR) is 130 cm³/mol. The molecule has 180 valence electrons. The first-order chi connectivity index (χ1) is 15.0. The van der Waals surface area contributed by atoms with Crippen LogP contribution < -0.4 is 0 Å². The van der Waals surface area contributed by atoms with Gasteiger partial charge in [0.05, 0.1) is 13.2 Å². The van der Waals surface area contributed by atoms with E-state index in [0.29, 0.717) is 10.8 Å². The maximum Gasteiger partial charge on any atom is 0.348 e. The van der Waals surface area contributed by atoms with Crippen molar-refractivity contribution in [3.05, 3.63) is 21.9 Å². The lowest BCUT2D eigenvalue weighted by Crippen LogP contribution is -2.40. The number of hydrogen-bond acceptors (Lipinski definition) is 4. The van der Waals surface area contributed by atoms with Crippen LogP contribution in [0.15, 0.2) is 12.1 Å². The molecule has 0 aromatic carbocycles. The summed E-state index contributed by atoms with van der Waals surface area (Å²) in [5.74, 6) is 0.0588. The van der Waals surface area contributed by atoms with Gasteiger partial charge >= 0.3 is 5.97 Å². The summed E-state index contributed by atoms with van der Waals surface area (Å²) >= 11 is 1.52. The Morgan fingerprint density at radius 2 is 1.97 bits per heavy atom. The first-order valence-corrected chi connectivity index (χ1v) is 13.3. The number of carbonyl (C=O) groups is 1. The van der Waals surface area contributed by atoms with Crippen LogP contribution in [0.4, 0.5) is 4.39 Å². The molecule has 2 fully saturated rings. The van der Waals surface area contributed by atoms with Crippen LogP contribution in [0.1, 0.15) is 113 Å². The summed E-state index contributed by atoms with van der Waals surface area (Å²) in [5, 5.41) is 10.3. The summed E-state index contributed by atoms with van der Waals surface area (Å²) in [7, 11) is 1.40. The van der Waals surface area contributed by atoms with Crippen LogP contribution in [-0.4, -0.2) is 30.5 Å². The topological polar surface area (TPSA) is 46.5 Å². The Balaban J connectivity index is 0.000000303. The monoisotopic (exact) mass is 456 g/mol. The van der Waals surface area contributed by atoms with Gasteiger partial charge in [-0.05, 0) is 74.8 Å². The third kappa shape index (κ3) is 8.49. The second-order valence-electron chi connectivity index (χ2n) is 8.73. The van der Waals surface area contributed by atoms with Crippen LogP contribution in [0.2, 0.25) is 0 Å². The van der Waals surface area contributed by atoms with Crippen molar-refractivity contribution >= 4 is 17.3 Å². The molecule has 31 heavy (non-hydrogen) atoms. The van der Waals surface area contributed by atoms with Crippen LogP contribution in [0.25, 0.3) is 0 Å². The molecule has 1 heterocycles. The SMILES string of the molecule is CC.CCC1(C(O)CCC[C@@H]2CCC[C@@H]2F)CCC1.CCCc1ccc(C(=O)OC)s1. The highest BCUT2D eigenvalue weighted by atomic mass is 32.1. The Hall–Kier alpha value is -0.940. The number of aliphatic hydroxyl groups is 1. The summed E-state index contributed by atoms with van der Waals surface area (Å²) in [6.45, 7) is 8.31. The van der Waals surface area contributed by atoms with Gasteiger partial charge in [0.2, 0.25) is 0 Å². The summed E-state index contributed by atoms with van der Waals surface area (Å²) in [5.41, 5.74) is 0.227. The molecule has 3 atom stereocenters. The standard InChI is InChI=1S/C15H27FO.C9H12O2S.C2H6/c1-2-15(10-5-11-15)14(17)9-4-7-12-6-3-8-13(12)16;1-3-4-7-5-6-8(12-7)9(10)11-2;1-2/h12-14,17H,2-11H2,1H3;5-6H,3-4H2,1-2H3;1-2H3/t12-,13-,14?;;/m0../s1. The van der Waals surface area contributed by atoms with Gasteiger partial charge in [0, 0.05) is 4.88 Å². The lowest BCUT2D eigenvalue weighted by Gasteiger charge is -2.45. The molecule has 1 N–H and O–H groups in total. The van der Waals surface area contributed by atoms with Crippen LogP contribution in [0.3, 0.4) is 0 Å². The normalized spacial score (nSPS) is 22.3. The number of thiophene rings is 1. The summed E-state index contributed by atoms with van der Waals surface area (Å²) in [6.07, 6.45) is 12.0. The molecule has 0 spiro atoms. The largest absolute Gasteiger partial charge is 0.465 e. The van der Waals surface area contributed by atoms with Gasteiger partial charge < -0.3 is 9.84 Å². The fourth-order valence-electron chi connectivity index (χ4n) is 4.72. The molecule has 1 aromatic rings. The van der Waals surface area contributed by atoms with Gasteiger partial charge in [-0.3, -0.25) is 0 Å². The molecule has 1 unspecified atom stereocenters. The van der Waals surface area contributed by atoms with Gasteiger partial charge in [0.15, 0.2) is 0 Å². The van der Waals surface area contributed by atoms with Crippen molar-refractivity contribution in [2.75, 3.05) is 7.11 Å². The van der Waals surface area contributed by atoms with E-state index in [1.54, 1.807) is 0 Å². The van der Waals surface area contributed by atoms with E-state index in [2.05, 4.69) is 18.6 Å². The minimum Gasteiger partial charge on any atom is -0.465 e. The highest BCUT2D eigenvalue weighted by Gasteiger charge is 2.41. The lowest BCUT2D eigenvalue weighted by atomic mass is 9.62. The van der Waals surface area contributed by atoms with Crippen molar-refractivity contribution in [2.24, 2.45) is 11.3 Å². The summed E-state index contributed by atoms with van der Waals surface area (Å²) in [6, 6.07) is 3.81. The first-order valence-electron chi connectivity index (χ1n) is 12.4. The zero-order valence-corrected chi connectivity index (χ0v) is 21.2. The number of hydrogen-bond donors (Lipinski definition) is 1. The minimum absolute atomic E-state index is 0.138. The van der Waals surface area contributed by atoms with Crippen molar-refractivity contribution in [2.45, 2.75) is 117 Å². The molecule has 0 radical (unpaired) electrons. The molecule has 2 aliphatic rings. The number of halogens is 1. The Labute approximate surface area is 193 Å². The average Bonchev–Trinajstić information content (AvgIpc) is 3.39. The van der Waals surface area contributed by atoms with Crippen LogP contribution in [0, 0.1) is 11.3 Å². The third-order valence-corrected chi connectivity index (χ3v) is 8.05. The van der Waals surface area contributed by atoms with E-state index in [-0.39, 0.29) is 17.5 Å². The smallest absolute Gasteiger partial charge is 0.348 e. The zero-order valence-electron chi connectivity index (χ0n) is 20.4. The molecule has 0 amide bonds. The second kappa shape index (κ2) is 15.0. The maximum atomic E-state index is 13.4. The van der Waals surface area contributed by atoms with E-state index in [4.69, 9.17) is 0 Å². The molecule has 2 saturated carbocycles. The lowest BCUT2D eigenvalue weighted by molar-refractivity contribution is -0.0438. The van der Waals surface area contributed by atoms with E-state index < -0.39 is 6.17 Å². The van der Waals surface area contributed by atoms with Gasteiger partial charge in [0.1, 0.15) is 11.0 Å². The molecular weight excluding hydrogens is 411 g/mol. The number of ether oxygens (including phenoxy) is 1. The number of esters is 1. The average molecular weight is 457 g/mol. The summed E-state index contributed by atoms with van der Waals surface area (Å²) < 4.78 is 18.0. The molecule has 2 aliphatic carbocycles. The fraction of sp³-hybridized carbons (Fsp3) is 0.808. The van der Waals surface area contributed by atoms with E-state index in [1.807, 2.05) is 26.0 Å². The Kier molecular flexibility index (Phi) is 13.6. The van der Waals surface area contributed by atoms with Crippen molar-refractivity contribution in [1.82, 2.24) is 0 Å². The second-order valence-corrected chi connectivity index (χ2v) is 9.90. The highest BCUT2D eigenvalue weighted by Crippen LogP contribution is 2.48. The Morgan fingerprint density at radius 1 is 1.26 bits per heavy atom. The van der Waals surface area contributed by atoms with Crippen LogP contribution >= 0.6 is 11.3 Å². The van der Waals surface area contributed by atoms with E-state index in [0.717, 1.165) is 57.8 Å². The quantitative estimate of drug-likeness (QED) is 0.386. The number of methoxy groups -OCH3 is 1. The Morgan fingerprint density at radius 3 is 2.45 bits per heavy atom. The number of carbonyl (C=O) groups excluding carboxylic acids is 1. The zero-order chi connectivity index (χ0) is 23.3. The van der Waals surface area contributed by atoms with Crippen molar-refractivity contribution in [3.8, 4) is 0 Å². The highest BCUT2D eigenvalue weighted by molar-refractivity contribution is 7.13. The Bertz CT molecular complexity index is 606. The molecule has 5 heteroatoms. The molecule has 1 aromatic heterocycles. The van der Waals surface area contributed by atoms with Crippen molar-refractivity contribution in [3.63, 3.8) is 0 Å². The third-order valence-electron chi connectivity index (χ3n) is 6.92. The van der Waals surface area contributed by atoms with Gasteiger partial charge in [-0.1, -0.05) is 53.4 Å². The molecule has 3 rings (SSSR count).